The first-order chi connectivity index (χ1) is 13.6. The van der Waals surface area contributed by atoms with Crippen LogP contribution < -0.4 is 4.90 Å². The fourth-order valence-corrected chi connectivity index (χ4v) is 4.12. The van der Waals surface area contributed by atoms with Crippen molar-refractivity contribution in [2.75, 3.05) is 4.90 Å². The molecule has 3 heterocycles. The molecular weight excluding hydrogens is 539 g/mol. The van der Waals surface area contributed by atoms with Crippen molar-refractivity contribution in [1.82, 2.24) is 14.8 Å². The molecular formula is C23H23IrN5-2. The maximum Gasteiger partial charge on any atom is 0.141 e. The number of aromatic nitrogens is 3. The summed E-state index contributed by atoms with van der Waals surface area (Å²) in [6, 6.07) is 18.1. The van der Waals surface area contributed by atoms with E-state index in [0.29, 0.717) is 0 Å². The standard InChI is InChI=1S/C23H23N5.Ir/c1-14(2)21-25-26-22(15(3)4)28(21)20-13-24-23-18-11-6-5-9-16(18)17-10-7-8-12-19(17)27(20)23;/h5-10,12-15,23H,1-4H3;/q-2;. The van der Waals surface area contributed by atoms with Crippen molar-refractivity contribution in [3.63, 3.8) is 0 Å². The van der Waals surface area contributed by atoms with Gasteiger partial charge in [0.25, 0.3) is 0 Å². The Balaban J connectivity index is 0.00000205. The van der Waals surface area contributed by atoms with Crippen LogP contribution in [0.2, 0.25) is 0 Å². The molecule has 1 aromatic heterocycles. The van der Waals surface area contributed by atoms with Gasteiger partial charge in [-0.2, -0.15) is 24.3 Å². The van der Waals surface area contributed by atoms with Crippen molar-refractivity contribution in [3.8, 4) is 11.1 Å². The van der Waals surface area contributed by atoms with Crippen LogP contribution in [0.15, 0.2) is 48.7 Å². The zero-order chi connectivity index (χ0) is 19.4. The molecule has 1 unspecified atom stereocenters. The van der Waals surface area contributed by atoms with Gasteiger partial charge in [-0.15, -0.1) is 27.5 Å². The Bertz CT molecular complexity index is 1060. The van der Waals surface area contributed by atoms with Gasteiger partial charge in [0.2, 0.25) is 0 Å². The van der Waals surface area contributed by atoms with Crippen molar-refractivity contribution in [2.24, 2.45) is 0 Å². The third-order valence-electron chi connectivity index (χ3n) is 5.40. The first kappa shape index (κ1) is 19.9. The Kier molecular flexibility index (Phi) is 5.09. The van der Waals surface area contributed by atoms with Crippen LogP contribution in [0, 0.1) is 6.07 Å². The van der Waals surface area contributed by atoms with E-state index in [1.54, 1.807) is 0 Å². The predicted octanol–water partition coefficient (Wildman–Crippen LogP) is 5.65. The molecule has 151 valence electrons. The average Bonchev–Trinajstić information content (AvgIpc) is 3.32. The van der Waals surface area contributed by atoms with Crippen LogP contribution in [0.1, 0.15) is 62.9 Å². The van der Waals surface area contributed by atoms with Crippen LogP contribution in [0.25, 0.3) is 22.3 Å². The van der Waals surface area contributed by atoms with Gasteiger partial charge < -0.3 is 10.2 Å². The van der Waals surface area contributed by atoms with Gasteiger partial charge >= 0.3 is 0 Å². The van der Waals surface area contributed by atoms with E-state index in [-0.39, 0.29) is 38.1 Å². The van der Waals surface area contributed by atoms with E-state index in [0.717, 1.165) is 28.7 Å². The van der Waals surface area contributed by atoms with Gasteiger partial charge in [-0.25, -0.2) is 0 Å². The second-order valence-corrected chi connectivity index (χ2v) is 7.96. The maximum absolute atomic E-state index is 4.89. The van der Waals surface area contributed by atoms with E-state index in [1.807, 2.05) is 18.3 Å². The number of para-hydroxylation sites is 1. The van der Waals surface area contributed by atoms with Crippen molar-refractivity contribution in [3.05, 3.63) is 77.3 Å². The smallest absolute Gasteiger partial charge is 0.141 e. The summed E-state index contributed by atoms with van der Waals surface area (Å²) in [7, 11) is 0. The second kappa shape index (κ2) is 7.43. The third kappa shape index (κ3) is 2.93. The Labute approximate surface area is 185 Å². The van der Waals surface area contributed by atoms with Crippen LogP contribution in [-0.2, 0) is 20.1 Å². The normalized spacial score (nSPS) is 16.7. The molecule has 0 saturated heterocycles. The summed E-state index contributed by atoms with van der Waals surface area (Å²) in [5, 5.41) is 13.9. The van der Waals surface area contributed by atoms with Gasteiger partial charge in [-0.05, 0) is 12.2 Å². The number of fused-ring (bicyclic) bond motifs is 6. The van der Waals surface area contributed by atoms with Crippen molar-refractivity contribution in [2.45, 2.75) is 45.7 Å². The summed E-state index contributed by atoms with van der Waals surface area (Å²) < 4.78 is 2.20. The number of hydrogen-bond acceptors (Lipinski definition) is 3. The Hall–Kier alpha value is -2.43. The van der Waals surface area contributed by atoms with Crippen LogP contribution in [0.5, 0.6) is 0 Å². The average molecular weight is 562 g/mol. The van der Waals surface area contributed by atoms with Gasteiger partial charge in [-0.1, -0.05) is 51.5 Å². The summed E-state index contributed by atoms with van der Waals surface area (Å²) in [5.41, 5.74) is 4.68. The largest absolute Gasteiger partial charge is 0.666 e. The minimum Gasteiger partial charge on any atom is -0.666 e. The summed E-state index contributed by atoms with van der Waals surface area (Å²) in [6.07, 6.45) is 1.86. The molecule has 0 N–H and O–H groups in total. The van der Waals surface area contributed by atoms with E-state index in [9.17, 15) is 0 Å². The van der Waals surface area contributed by atoms with Gasteiger partial charge in [0.05, 0.1) is 5.82 Å². The first-order valence-electron chi connectivity index (χ1n) is 9.83. The van der Waals surface area contributed by atoms with Crippen molar-refractivity contribution < 1.29 is 20.1 Å². The number of hydrogen-bond donors (Lipinski definition) is 0. The van der Waals surface area contributed by atoms with Gasteiger partial charge in [0, 0.05) is 37.6 Å². The molecule has 0 bridgehead atoms. The number of benzene rings is 2. The molecule has 0 amide bonds. The first-order valence-corrected chi connectivity index (χ1v) is 9.83. The second-order valence-electron chi connectivity index (χ2n) is 7.96. The number of nitrogens with zero attached hydrogens (tertiary/aromatic N) is 5. The van der Waals surface area contributed by atoms with E-state index in [2.05, 4.69) is 83.8 Å². The maximum atomic E-state index is 4.89. The summed E-state index contributed by atoms with van der Waals surface area (Å²) in [4.78, 5) is 2.30. The quantitative estimate of drug-likeness (QED) is 0.389. The molecule has 29 heavy (non-hydrogen) atoms. The van der Waals surface area contributed by atoms with E-state index >= 15 is 0 Å². The zero-order valence-corrected chi connectivity index (χ0v) is 19.3. The van der Waals surface area contributed by atoms with Gasteiger partial charge in [0.1, 0.15) is 11.6 Å². The van der Waals surface area contributed by atoms with Gasteiger partial charge in [0.15, 0.2) is 0 Å². The molecule has 5 nitrogen and oxygen atoms in total. The van der Waals surface area contributed by atoms with Crippen LogP contribution in [0.4, 0.5) is 5.69 Å². The molecule has 0 fully saturated rings. The molecule has 5 rings (SSSR count). The van der Waals surface area contributed by atoms with Crippen LogP contribution in [-0.4, -0.2) is 14.8 Å². The molecule has 1 radical (unpaired) electrons. The minimum atomic E-state index is -0.108. The van der Waals surface area contributed by atoms with Crippen molar-refractivity contribution >= 4 is 11.5 Å². The molecule has 2 aromatic carbocycles. The number of rotatable bonds is 3. The van der Waals surface area contributed by atoms with Crippen molar-refractivity contribution in [1.29, 1.82) is 0 Å². The van der Waals surface area contributed by atoms with E-state index in [4.69, 9.17) is 5.32 Å². The molecule has 1 atom stereocenters. The molecule has 0 saturated carbocycles. The fraction of sp³-hybridized carbons (Fsp3) is 0.304. The molecule has 2 aliphatic heterocycles. The monoisotopic (exact) mass is 562 g/mol. The Morgan fingerprint density at radius 3 is 2.28 bits per heavy atom. The molecule has 0 aliphatic carbocycles. The molecule has 6 heteroatoms. The number of anilines is 1. The summed E-state index contributed by atoms with van der Waals surface area (Å²) >= 11 is 0. The van der Waals surface area contributed by atoms with Crippen LogP contribution in [0.3, 0.4) is 0 Å². The molecule has 0 spiro atoms. The third-order valence-corrected chi connectivity index (χ3v) is 5.40. The minimum absolute atomic E-state index is 0. The zero-order valence-electron chi connectivity index (χ0n) is 16.9. The van der Waals surface area contributed by atoms with E-state index < -0.39 is 0 Å². The fourth-order valence-electron chi connectivity index (χ4n) is 4.12. The predicted molar refractivity (Wildman–Crippen MR) is 112 cm³/mol. The summed E-state index contributed by atoms with van der Waals surface area (Å²) in [5.74, 6) is 3.47. The van der Waals surface area contributed by atoms with Crippen LogP contribution >= 0.6 is 0 Å². The molecule has 3 aromatic rings. The van der Waals surface area contributed by atoms with E-state index in [1.165, 1.54) is 11.1 Å². The topological polar surface area (TPSA) is 48.1 Å². The molecule has 2 aliphatic rings. The SMILES string of the molecule is CC(C)c1nnc(C(C)C)n1C1=C[N-]C2c3[c-]cccc3-c3ccccc3N12.[Ir]. The summed E-state index contributed by atoms with van der Waals surface area (Å²) in [6.45, 7) is 8.62. The van der Waals surface area contributed by atoms with Gasteiger partial charge in [-0.3, -0.25) is 4.57 Å². The Morgan fingerprint density at radius 2 is 1.59 bits per heavy atom. The Morgan fingerprint density at radius 1 is 0.931 bits per heavy atom.